The van der Waals surface area contributed by atoms with Gasteiger partial charge in [-0.3, -0.25) is 0 Å². The van der Waals surface area contributed by atoms with E-state index in [1.54, 1.807) is 0 Å². The number of allylic oxidation sites excluding steroid dienone is 2. The summed E-state index contributed by atoms with van der Waals surface area (Å²) in [5, 5.41) is 19.4. The molecular weight excluding hydrogens is 1060 g/mol. The number of nitrogens with one attached hydrogen (secondary N) is 2. The second kappa shape index (κ2) is 20.5. The topological polar surface area (TPSA) is 57.4 Å². The molecule has 5 heterocycles. The van der Waals surface area contributed by atoms with E-state index in [0.717, 1.165) is 81.7 Å². The fraction of sp³-hybridized carbons (Fsp3) is 0.0952. The number of aromatic amines is 2. The number of nitrogens with zero attached hydrogens (tertiary/aromatic N) is 2. The predicted molar refractivity (Wildman–Crippen MR) is 376 cm³/mol. The molecule has 3 aromatic heterocycles. The van der Waals surface area contributed by atoms with Gasteiger partial charge < -0.3 is 9.97 Å². The summed E-state index contributed by atoms with van der Waals surface area (Å²) in [4.78, 5) is 20.5. The third kappa shape index (κ3) is 7.91. The minimum atomic E-state index is 0.758. The van der Waals surface area contributed by atoms with E-state index in [1.165, 1.54) is 142 Å². The first-order valence-electron chi connectivity index (χ1n) is 31.4. The number of fused-ring (bicyclic) bond motifs is 16. The van der Waals surface area contributed by atoms with Crippen molar-refractivity contribution in [2.24, 2.45) is 0 Å². The summed E-state index contributed by atoms with van der Waals surface area (Å²) in [6.07, 6.45) is 3.06. The zero-order chi connectivity index (χ0) is 58.7. The van der Waals surface area contributed by atoms with Crippen LogP contribution in [0.4, 0.5) is 0 Å². The second-order valence-corrected chi connectivity index (χ2v) is 23.9. The van der Waals surface area contributed by atoms with Crippen LogP contribution >= 0.6 is 0 Å². The fourth-order valence-electron chi connectivity index (χ4n) is 15.4. The van der Waals surface area contributed by atoms with Crippen LogP contribution in [0.25, 0.3) is 153 Å². The fourth-order valence-corrected chi connectivity index (χ4v) is 15.4. The Morgan fingerprint density at radius 3 is 0.727 bits per heavy atom. The van der Waals surface area contributed by atoms with E-state index >= 15 is 0 Å². The monoisotopic (exact) mass is 1130 g/mol. The van der Waals surface area contributed by atoms with Crippen molar-refractivity contribution >= 4 is 131 Å². The minimum absolute atomic E-state index is 0.758. The smallest absolute Gasteiger partial charge is 0.0740 e. The Labute approximate surface area is 510 Å². The standard InChI is InChI=1S/C84H62N4/c1-5-57-69-45-70-58(6-2)82(78-63-35-19-11-27-51(63)42-52-28-12-20-36-64(52)78)75(86-70)48-76-84(80-67-39-23-15-31-55(67)44-56-32-16-24-40-68(56)80)60(8-4)72(88-76)46-71-59(7-3)83(79-65-37-21-13-29-53(65)43-54-30-14-22-38-66(54)79)74(87-71)47-73(85-69)81(57)77-61-33-17-9-25-49(61)41-50-26-10-18-34-62(50)77/h9-48,85,88H,5-8H2,1-4H3. The van der Waals surface area contributed by atoms with Crippen LogP contribution in [0, 0.1) is 0 Å². The molecule has 17 rings (SSSR count). The summed E-state index contributed by atoms with van der Waals surface area (Å²) < 4.78 is 0. The molecule has 0 amide bonds. The molecule has 418 valence electrons. The van der Waals surface area contributed by atoms with Gasteiger partial charge in [0.05, 0.1) is 22.8 Å². The van der Waals surface area contributed by atoms with Crippen molar-refractivity contribution in [3.8, 4) is 22.3 Å². The van der Waals surface area contributed by atoms with Crippen LogP contribution < -0.4 is 0 Å². The maximum Gasteiger partial charge on any atom is 0.0740 e. The van der Waals surface area contributed by atoms with Gasteiger partial charge in [-0.05, 0) is 205 Å². The van der Waals surface area contributed by atoms with Crippen LogP contribution in [0.1, 0.15) is 85.6 Å². The average Bonchev–Trinajstić information content (AvgIpc) is 1.88. The summed E-state index contributed by atoms with van der Waals surface area (Å²) in [6.45, 7) is 9.26. The van der Waals surface area contributed by atoms with E-state index in [-0.39, 0.29) is 0 Å². The molecule has 0 fully saturated rings. The van der Waals surface area contributed by atoms with Gasteiger partial charge in [0, 0.05) is 44.3 Å². The number of hydrogen-bond donors (Lipinski definition) is 2. The zero-order valence-corrected chi connectivity index (χ0v) is 49.8. The van der Waals surface area contributed by atoms with E-state index in [2.05, 4.69) is 280 Å². The van der Waals surface area contributed by atoms with Gasteiger partial charge in [-0.15, -0.1) is 0 Å². The lowest BCUT2D eigenvalue weighted by molar-refractivity contribution is 1.16. The van der Waals surface area contributed by atoms with E-state index < -0.39 is 0 Å². The van der Waals surface area contributed by atoms with Gasteiger partial charge in [-0.2, -0.15) is 0 Å². The molecule has 0 aliphatic carbocycles. The largest absolute Gasteiger partial charge is 0.355 e. The van der Waals surface area contributed by atoms with Gasteiger partial charge in [0.15, 0.2) is 0 Å². The Hall–Kier alpha value is -10.7. The lowest BCUT2D eigenvalue weighted by Gasteiger charge is -2.15. The maximum atomic E-state index is 6.03. The van der Waals surface area contributed by atoms with Crippen molar-refractivity contribution < 1.29 is 0 Å². The summed E-state index contributed by atoms with van der Waals surface area (Å²) in [6, 6.07) is 90.4. The highest BCUT2D eigenvalue weighted by molar-refractivity contribution is 6.22. The molecule has 0 saturated carbocycles. The number of H-pyrrole nitrogens is 2. The molecule has 2 N–H and O–H groups in total. The Bertz CT molecular complexity index is 5180. The van der Waals surface area contributed by atoms with Crippen LogP contribution in [-0.4, -0.2) is 19.9 Å². The summed E-state index contributed by atoms with van der Waals surface area (Å²) in [7, 11) is 0. The van der Waals surface area contributed by atoms with Crippen LogP contribution in [-0.2, 0) is 12.8 Å². The second-order valence-electron chi connectivity index (χ2n) is 23.9. The van der Waals surface area contributed by atoms with E-state index in [1.807, 2.05) is 0 Å². The Kier molecular flexibility index (Phi) is 12.0. The Morgan fingerprint density at radius 2 is 0.477 bits per heavy atom. The van der Waals surface area contributed by atoms with Gasteiger partial charge >= 0.3 is 0 Å². The normalized spacial score (nSPS) is 12.9. The summed E-state index contributed by atoms with van der Waals surface area (Å²) >= 11 is 0. The first kappa shape index (κ1) is 51.7. The van der Waals surface area contributed by atoms with Crippen LogP contribution in [0.3, 0.4) is 0 Å². The van der Waals surface area contributed by atoms with Crippen LogP contribution in [0.15, 0.2) is 243 Å². The Morgan fingerprint density at radius 1 is 0.239 bits per heavy atom. The van der Waals surface area contributed by atoms with Gasteiger partial charge in [0.1, 0.15) is 0 Å². The average molecular weight is 1130 g/mol. The molecule has 0 saturated heterocycles. The molecule has 12 aromatic carbocycles. The lowest BCUT2D eigenvalue weighted by atomic mass is 9.86. The molecule has 0 unspecified atom stereocenters. The molecule has 88 heavy (non-hydrogen) atoms. The van der Waals surface area contributed by atoms with Gasteiger partial charge in [-0.1, -0.05) is 222 Å². The summed E-state index contributed by atoms with van der Waals surface area (Å²) in [5.74, 6) is 0. The Balaban J connectivity index is 1.11. The van der Waals surface area contributed by atoms with Crippen molar-refractivity contribution in [1.82, 2.24) is 19.9 Å². The van der Waals surface area contributed by atoms with Crippen molar-refractivity contribution in [2.75, 3.05) is 0 Å². The van der Waals surface area contributed by atoms with Crippen LogP contribution in [0.2, 0.25) is 0 Å². The molecule has 8 bridgehead atoms. The number of rotatable bonds is 8. The molecule has 2 aliphatic heterocycles. The quantitative estimate of drug-likeness (QED) is 0.149. The molecule has 0 radical (unpaired) electrons. The van der Waals surface area contributed by atoms with E-state index in [0.29, 0.717) is 0 Å². The third-order valence-corrected chi connectivity index (χ3v) is 19.2. The number of aryl methyl sites for hydroxylation is 2. The van der Waals surface area contributed by atoms with Crippen LogP contribution in [0.5, 0.6) is 0 Å². The van der Waals surface area contributed by atoms with Crippen molar-refractivity contribution in [3.05, 3.63) is 288 Å². The van der Waals surface area contributed by atoms with Crippen molar-refractivity contribution in [1.29, 1.82) is 0 Å². The minimum Gasteiger partial charge on any atom is -0.355 e. The molecule has 4 heteroatoms. The lowest BCUT2D eigenvalue weighted by Crippen LogP contribution is -1.93. The van der Waals surface area contributed by atoms with E-state index in [9.17, 15) is 0 Å². The highest BCUT2D eigenvalue weighted by Crippen LogP contribution is 2.50. The SMILES string of the molecule is CCC1=C(c2c3ccccc3cc3ccccc23)c2cc3[nH]c(cc4nc(cc5[nH]c(cc1n2)c(CC)c5-c1c2ccccc2cc2ccccc12)C(c1c2ccccc2cc2ccccc12)=C4CC)c(CC)c3-c1c2ccccc2cc2ccccc12. The number of benzene rings is 12. The molecule has 0 atom stereocenters. The highest BCUT2D eigenvalue weighted by Gasteiger charge is 2.30. The first-order chi connectivity index (χ1) is 43.5. The van der Waals surface area contributed by atoms with Gasteiger partial charge in [-0.25, -0.2) is 9.97 Å². The van der Waals surface area contributed by atoms with Crippen molar-refractivity contribution in [3.63, 3.8) is 0 Å². The predicted octanol–water partition coefficient (Wildman–Crippen LogP) is 22.7. The molecule has 15 aromatic rings. The maximum absolute atomic E-state index is 6.03. The van der Waals surface area contributed by atoms with Gasteiger partial charge in [0.2, 0.25) is 0 Å². The number of hydrogen-bond acceptors (Lipinski definition) is 2. The van der Waals surface area contributed by atoms with E-state index in [4.69, 9.17) is 9.97 Å². The molecular formula is C84H62N4. The number of aromatic nitrogens is 4. The molecule has 2 aliphatic rings. The zero-order valence-electron chi connectivity index (χ0n) is 49.8. The first-order valence-corrected chi connectivity index (χ1v) is 31.4. The molecule has 0 spiro atoms. The highest BCUT2D eigenvalue weighted by atomic mass is 14.8. The molecule has 4 nitrogen and oxygen atoms in total. The van der Waals surface area contributed by atoms with Gasteiger partial charge in [0.25, 0.3) is 0 Å². The third-order valence-electron chi connectivity index (χ3n) is 19.2. The van der Waals surface area contributed by atoms with Crippen molar-refractivity contribution in [2.45, 2.75) is 53.4 Å². The summed E-state index contributed by atoms with van der Waals surface area (Å²) in [5.41, 5.74) is 22.4.